The van der Waals surface area contributed by atoms with Gasteiger partial charge in [0, 0.05) is 22.6 Å². The Morgan fingerprint density at radius 2 is 1.64 bits per heavy atom. The molecule has 0 spiro atoms. The number of amides is 2. The second-order valence-corrected chi connectivity index (χ2v) is 15.2. The summed E-state index contributed by atoms with van der Waals surface area (Å²) in [6.45, 7) is 2.09. The molecule has 0 saturated heterocycles. The van der Waals surface area contributed by atoms with Crippen LogP contribution in [-0.2, 0) is 19.8 Å². The van der Waals surface area contributed by atoms with Crippen molar-refractivity contribution >= 4 is 71.8 Å². The third kappa shape index (κ3) is 7.94. The minimum absolute atomic E-state index is 0.117. The third-order valence-electron chi connectivity index (χ3n) is 6.15. The normalized spacial score (nSPS) is 12.3. The summed E-state index contributed by atoms with van der Waals surface area (Å²) in [4.78, 5) is 11.5. The van der Waals surface area contributed by atoms with Gasteiger partial charge < -0.3 is 39.3 Å². The molecule has 0 aliphatic heterocycles. The zero-order valence-electron chi connectivity index (χ0n) is 24.7. The number of primary amides is 1. The Labute approximate surface area is 270 Å². The number of urea groups is 1. The fourth-order valence-corrected chi connectivity index (χ4v) is 10.9. The summed E-state index contributed by atoms with van der Waals surface area (Å²) in [6, 6.07) is 15.9. The summed E-state index contributed by atoms with van der Waals surface area (Å²) in [7, 11) is -6.92. The molecule has 1 heterocycles. The largest absolute Gasteiger partial charge is 0.398 e. The number of nitrogens with one attached hydrogen (secondary N) is 3. The fraction of sp³-hybridized carbons (Fsp3) is 0.143. The van der Waals surface area contributed by atoms with Crippen LogP contribution in [0.3, 0.4) is 0 Å². The topological polar surface area (TPSA) is 259 Å². The Bertz CT molecular complexity index is 1930. The van der Waals surface area contributed by atoms with Crippen LogP contribution in [0.2, 0.25) is 0 Å². The van der Waals surface area contributed by atoms with Crippen LogP contribution >= 0.6 is 23.1 Å². The molecule has 3 aromatic carbocycles. The first kappa shape index (κ1) is 35.4. The SMILES string of the molecule is CN.CSc1sc(C(=N)N)cc1S(=O)(=NS(=O)(=O)c1ccc(NC(N)=O)cc1)c1cccc(-c2c(C)cc(NCN)cc2N)c1. The van der Waals surface area contributed by atoms with Gasteiger partial charge in [0.25, 0.3) is 10.0 Å². The van der Waals surface area contributed by atoms with Crippen LogP contribution in [0, 0.1) is 12.3 Å². The van der Waals surface area contributed by atoms with Gasteiger partial charge in [-0.3, -0.25) is 5.41 Å². The molecule has 240 valence electrons. The van der Waals surface area contributed by atoms with Gasteiger partial charge in [-0.1, -0.05) is 15.9 Å². The number of carbonyl (C=O) groups excluding carboxylic acids is 1. The number of thiophene rings is 1. The first-order valence-corrected chi connectivity index (χ1v) is 18.0. The highest BCUT2D eigenvalue weighted by Crippen LogP contribution is 2.41. The van der Waals surface area contributed by atoms with E-state index in [1.54, 1.807) is 30.5 Å². The standard InChI is InChI=1S/C27H30N8O4S4.CH5N/c1-15-10-18(33-14-28)12-21(29)24(15)16-4-3-5-20(11-16)42(37,23-13-22(25(30)31)41-26(23)40-2)35-43(38,39)19-8-6-17(7-9-19)34-27(32)36;1-2/h3-13,33H,14,28-29H2,1-2H3,(H3,30,31)(H3,32,34,36);2H2,1H3. The van der Waals surface area contributed by atoms with Gasteiger partial charge in [0.15, 0.2) is 0 Å². The average molecular weight is 690 g/mol. The van der Waals surface area contributed by atoms with Crippen molar-refractivity contribution in [2.45, 2.75) is 25.8 Å². The summed E-state index contributed by atoms with van der Waals surface area (Å²) in [5, 5.41) is 13.3. The van der Waals surface area contributed by atoms with Crippen LogP contribution in [0.25, 0.3) is 11.1 Å². The number of hydrogen-bond donors (Lipinski definition) is 8. The van der Waals surface area contributed by atoms with E-state index in [9.17, 15) is 13.2 Å². The molecule has 0 aliphatic rings. The second-order valence-electron chi connectivity index (χ2n) is 9.14. The Morgan fingerprint density at radius 3 is 2.20 bits per heavy atom. The Morgan fingerprint density at radius 1 is 0.978 bits per heavy atom. The number of carbonyl (C=O) groups is 1. The Kier molecular flexibility index (Phi) is 11.6. The maximum absolute atomic E-state index is 15.1. The molecule has 0 saturated carbocycles. The van der Waals surface area contributed by atoms with Gasteiger partial charge in [0.05, 0.1) is 30.4 Å². The number of hydrogen-bond acceptors (Lipinski definition) is 11. The van der Waals surface area contributed by atoms with E-state index >= 15 is 4.21 Å². The zero-order chi connectivity index (χ0) is 33.5. The molecule has 45 heavy (non-hydrogen) atoms. The van der Waals surface area contributed by atoms with E-state index in [1.165, 1.54) is 55.2 Å². The molecule has 17 heteroatoms. The number of nitrogen functional groups attached to an aromatic ring is 2. The van der Waals surface area contributed by atoms with Gasteiger partial charge >= 0.3 is 6.03 Å². The molecule has 0 fully saturated rings. The smallest absolute Gasteiger partial charge is 0.316 e. The van der Waals surface area contributed by atoms with E-state index in [0.717, 1.165) is 22.6 Å². The van der Waals surface area contributed by atoms with Crippen LogP contribution in [0.15, 0.2) is 89.4 Å². The van der Waals surface area contributed by atoms with Crippen molar-refractivity contribution in [1.29, 1.82) is 5.41 Å². The van der Waals surface area contributed by atoms with Crippen molar-refractivity contribution in [2.75, 3.05) is 36.3 Å². The van der Waals surface area contributed by atoms with Gasteiger partial charge in [-0.05, 0) is 86.0 Å². The van der Waals surface area contributed by atoms with Crippen LogP contribution in [0.4, 0.5) is 21.9 Å². The predicted octanol–water partition coefficient (Wildman–Crippen LogP) is 3.98. The zero-order valence-corrected chi connectivity index (χ0v) is 27.9. The minimum Gasteiger partial charge on any atom is -0.398 e. The second kappa shape index (κ2) is 14.8. The highest BCUT2D eigenvalue weighted by atomic mass is 32.3. The highest BCUT2D eigenvalue weighted by Gasteiger charge is 2.28. The quantitative estimate of drug-likeness (QED) is 0.0390. The molecular formula is C28H35N9O4S4. The monoisotopic (exact) mass is 689 g/mol. The molecule has 4 rings (SSSR count). The molecule has 0 aliphatic carbocycles. The van der Waals surface area contributed by atoms with E-state index in [2.05, 4.69) is 20.1 Å². The van der Waals surface area contributed by atoms with E-state index in [1.807, 2.05) is 13.0 Å². The van der Waals surface area contributed by atoms with E-state index in [4.69, 9.17) is 28.3 Å². The lowest BCUT2D eigenvalue weighted by molar-refractivity contribution is 0.259. The Balaban J connectivity index is 0.00000271. The van der Waals surface area contributed by atoms with Crippen molar-refractivity contribution in [3.8, 4) is 11.1 Å². The van der Waals surface area contributed by atoms with E-state index in [0.29, 0.717) is 25.9 Å². The summed E-state index contributed by atoms with van der Waals surface area (Å²) in [6.07, 6.45) is 1.75. The molecule has 13 nitrogen and oxygen atoms in total. The number of anilines is 3. The first-order valence-electron chi connectivity index (χ1n) is 13.0. The van der Waals surface area contributed by atoms with Gasteiger partial charge in [-0.15, -0.1) is 23.1 Å². The molecule has 0 bridgehead atoms. The molecule has 2 amide bonds. The summed E-state index contributed by atoms with van der Waals surface area (Å²) < 4.78 is 47.0. The van der Waals surface area contributed by atoms with Crippen LogP contribution in [-0.4, -0.2) is 44.5 Å². The first-order chi connectivity index (χ1) is 21.3. The number of nitrogens with two attached hydrogens (primary N) is 5. The van der Waals surface area contributed by atoms with Gasteiger partial charge in [0.1, 0.15) is 15.6 Å². The van der Waals surface area contributed by atoms with Crippen LogP contribution < -0.4 is 39.3 Å². The molecule has 1 atom stereocenters. The van der Waals surface area contributed by atoms with Crippen molar-refractivity contribution in [3.63, 3.8) is 0 Å². The molecule has 1 aromatic heterocycles. The van der Waals surface area contributed by atoms with Crippen molar-refractivity contribution in [3.05, 3.63) is 77.2 Å². The van der Waals surface area contributed by atoms with Crippen molar-refractivity contribution < 1.29 is 17.4 Å². The maximum Gasteiger partial charge on any atom is 0.316 e. The highest BCUT2D eigenvalue weighted by molar-refractivity contribution is 8.05. The number of thioether (sulfide) groups is 1. The van der Waals surface area contributed by atoms with Gasteiger partial charge in [-0.25, -0.2) is 9.00 Å². The van der Waals surface area contributed by atoms with Gasteiger partial charge in [-0.2, -0.15) is 8.42 Å². The molecule has 1 unspecified atom stereocenters. The third-order valence-corrected chi connectivity index (χ3v) is 13.0. The number of nitrogens with zero attached hydrogens (tertiary/aromatic N) is 1. The number of sulfonamides is 1. The van der Waals surface area contributed by atoms with E-state index in [-0.39, 0.29) is 32.9 Å². The number of amidine groups is 1. The fourth-order valence-electron chi connectivity index (χ4n) is 4.32. The molecule has 13 N–H and O–H groups in total. The summed E-state index contributed by atoms with van der Waals surface area (Å²) in [5.74, 6) is -0.253. The number of benzene rings is 3. The molecule has 0 radical (unpaired) electrons. The van der Waals surface area contributed by atoms with Crippen LogP contribution in [0.5, 0.6) is 0 Å². The lowest BCUT2D eigenvalue weighted by Gasteiger charge is -2.16. The Hall–Kier alpha value is -4.13. The summed E-state index contributed by atoms with van der Waals surface area (Å²) in [5.41, 5.74) is 30.9. The lowest BCUT2D eigenvalue weighted by Crippen LogP contribution is -2.19. The molecular weight excluding hydrogens is 655 g/mol. The predicted molar refractivity (Wildman–Crippen MR) is 185 cm³/mol. The van der Waals surface area contributed by atoms with E-state index < -0.39 is 25.8 Å². The van der Waals surface area contributed by atoms with Crippen molar-refractivity contribution in [1.82, 2.24) is 0 Å². The van der Waals surface area contributed by atoms with Crippen LogP contribution in [0.1, 0.15) is 10.4 Å². The lowest BCUT2D eigenvalue weighted by atomic mass is 9.98. The minimum atomic E-state index is -4.53. The summed E-state index contributed by atoms with van der Waals surface area (Å²) >= 11 is 2.36. The van der Waals surface area contributed by atoms with Crippen molar-refractivity contribution in [2.24, 2.45) is 26.7 Å². The average Bonchev–Trinajstić information content (AvgIpc) is 3.44. The van der Waals surface area contributed by atoms with Gasteiger partial charge in [0.2, 0.25) is 0 Å². The number of aryl methyl sites for hydroxylation is 1. The molecule has 4 aromatic rings. The number of rotatable bonds is 10. The maximum atomic E-state index is 15.1.